The number of nitrogens with one attached hydrogen (secondary N) is 2. The first-order chi connectivity index (χ1) is 12.4. The lowest BCUT2D eigenvalue weighted by atomic mass is 10.2. The van der Waals surface area contributed by atoms with Gasteiger partial charge in [-0.1, -0.05) is 12.1 Å². The number of hydrogen-bond donors (Lipinski definition) is 2. The van der Waals surface area contributed by atoms with Crippen LogP contribution in [0.2, 0.25) is 0 Å². The molecule has 8 nitrogen and oxygen atoms in total. The highest BCUT2D eigenvalue weighted by atomic mass is 127. The number of non-ortho nitro benzene ring substituents is 1. The molecule has 0 saturated carbocycles. The lowest BCUT2D eigenvalue weighted by molar-refractivity contribution is -0.384. The third kappa shape index (κ3) is 6.59. The van der Waals surface area contributed by atoms with Crippen molar-refractivity contribution in [3.8, 4) is 0 Å². The van der Waals surface area contributed by atoms with Crippen LogP contribution in [0.3, 0.4) is 0 Å². The number of halogens is 1. The number of benzene rings is 2. The van der Waals surface area contributed by atoms with Crippen molar-refractivity contribution in [3.05, 3.63) is 67.8 Å². The quantitative estimate of drug-likeness (QED) is 0.283. The first-order valence-corrected chi connectivity index (χ1v) is 8.64. The summed E-state index contributed by atoms with van der Waals surface area (Å²) < 4.78 is 1.06. The summed E-state index contributed by atoms with van der Waals surface area (Å²) in [6.07, 6.45) is 1.29. The molecule has 0 spiro atoms. The lowest BCUT2D eigenvalue weighted by Crippen LogP contribution is -2.20. The highest BCUT2D eigenvalue weighted by Gasteiger charge is 2.07. The van der Waals surface area contributed by atoms with Gasteiger partial charge in [0.25, 0.3) is 5.69 Å². The molecule has 2 N–H and O–H groups in total. The Labute approximate surface area is 163 Å². The second kappa shape index (κ2) is 9.61. The zero-order chi connectivity index (χ0) is 18.9. The number of nitro benzene ring substituents is 1. The molecule has 0 aromatic heterocycles. The predicted octanol–water partition coefficient (Wildman–Crippen LogP) is 3.07. The molecule has 134 valence electrons. The average Bonchev–Trinajstić information content (AvgIpc) is 2.62. The zero-order valence-corrected chi connectivity index (χ0v) is 15.7. The van der Waals surface area contributed by atoms with Gasteiger partial charge in [0.1, 0.15) is 0 Å². The van der Waals surface area contributed by atoms with Crippen LogP contribution in [0.4, 0.5) is 11.4 Å². The molecule has 2 rings (SSSR count). The molecule has 0 aliphatic rings. The number of rotatable bonds is 7. The minimum atomic E-state index is -0.512. The monoisotopic (exact) mass is 466 g/mol. The molecule has 2 amide bonds. The molecule has 9 heteroatoms. The van der Waals surface area contributed by atoms with E-state index in [-0.39, 0.29) is 24.4 Å². The Hall–Kier alpha value is -2.82. The number of hydrazone groups is 1. The highest BCUT2D eigenvalue weighted by molar-refractivity contribution is 14.1. The molecule has 0 atom stereocenters. The summed E-state index contributed by atoms with van der Waals surface area (Å²) >= 11 is 2.16. The summed E-state index contributed by atoms with van der Waals surface area (Å²) in [5.41, 5.74) is 3.37. The van der Waals surface area contributed by atoms with Crippen molar-refractivity contribution in [2.75, 3.05) is 5.32 Å². The molecule has 0 bridgehead atoms. The maximum Gasteiger partial charge on any atom is 0.270 e. The maximum absolute atomic E-state index is 11.8. The largest absolute Gasteiger partial charge is 0.326 e. The van der Waals surface area contributed by atoms with Gasteiger partial charge in [-0.15, -0.1) is 0 Å². The SMILES string of the molecule is O=C(CCC(=O)Nc1ccc(I)cc1)N/N=C\c1cccc([N+](=O)[O-])c1. The smallest absolute Gasteiger partial charge is 0.270 e. The molecule has 2 aromatic rings. The van der Waals surface area contributed by atoms with Crippen molar-refractivity contribution < 1.29 is 14.5 Å². The Balaban J connectivity index is 1.76. The van der Waals surface area contributed by atoms with Crippen molar-refractivity contribution >= 4 is 52.0 Å². The third-order valence-corrected chi connectivity index (χ3v) is 3.91. The third-order valence-electron chi connectivity index (χ3n) is 3.19. The van der Waals surface area contributed by atoms with Crippen LogP contribution in [0.25, 0.3) is 0 Å². The van der Waals surface area contributed by atoms with Gasteiger partial charge in [0.15, 0.2) is 0 Å². The van der Waals surface area contributed by atoms with Gasteiger partial charge in [0, 0.05) is 39.8 Å². The van der Waals surface area contributed by atoms with E-state index in [9.17, 15) is 19.7 Å². The highest BCUT2D eigenvalue weighted by Crippen LogP contribution is 2.12. The molecule has 0 unspecified atom stereocenters. The summed E-state index contributed by atoms with van der Waals surface area (Å²) in [5, 5.41) is 17.1. The summed E-state index contributed by atoms with van der Waals surface area (Å²) in [7, 11) is 0. The molecule has 0 radical (unpaired) electrons. The minimum Gasteiger partial charge on any atom is -0.326 e. The van der Waals surface area contributed by atoms with Crippen LogP contribution in [0, 0.1) is 13.7 Å². The van der Waals surface area contributed by atoms with Gasteiger partial charge in [-0.25, -0.2) is 5.43 Å². The standard InChI is InChI=1S/C17H15IN4O4/c18-13-4-6-14(7-5-13)20-16(23)8-9-17(24)21-19-11-12-2-1-3-15(10-12)22(25)26/h1-7,10-11H,8-9H2,(H,20,23)(H,21,24)/b19-11-. The van der Waals surface area contributed by atoms with Crippen molar-refractivity contribution in [3.63, 3.8) is 0 Å². The Bertz CT molecular complexity index is 837. The average molecular weight is 466 g/mol. The Morgan fingerprint density at radius 1 is 1.12 bits per heavy atom. The van der Waals surface area contributed by atoms with Crippen LogP contribution in [0.5, 0.6) is 0 Å². The number of anilines is 1. The van der Waals surface area contributed by atoms with Gasteiger partial charge in [0.2, 0.25) is 11.8 Å². The first kappa shape index (κ1) is 19.5. The second-order valence-electron chi connectivity index (χ2n) is 5.20. The summed E-state index contributed by atoms with van der Waals surface area (Å²) in [6, 6.07) is 13.1. The minimum absolute atomic E-state index is 0.0180. The molecule has 0 fully saturated rings. The Morgan fingerprint density at radius 2 is 1.81 bits per heavy atom. The number of amides is 2. The normalized spacial score (nSPS) is 10.5. The lowest BCUT2D eigenvalue weighted by Gasteiger charge is -2.04. The first-order valence-electron chi connectivity index (χ1n) is 7.56. The molecule has 2 aromatic carbocycles. The molecular weight excluding hydrogens is 451 g/mol. The second-order valence-corrected chi connectivity index (χ2v) is 6.45. The van der Waals surface area contributed by atoms with Gasteiger partial charge in [-0.05, 0) is 46.9 Å². The summed E-state index contributed by atoms with van der Waals surface area (Å²) in [6.45, 7) is 0. The zero-order valence-electron chi connectivity index (χ0n) is 13.5. The fourth-order valence-electron chi connectivity index (χ4n) is 1.94. The van der Waals surface area contributed by atoms with E-state index in [1.165, 1.54) is 24.4 Å². The van der Waals surface area contributed by atoms with Gasteiger partial charge in [-0.3, -0.25) is 19.7 Å². The topological polar surface area (TPSA) is 114 Å². The van der Waals surface area contributed by atoms with Gasteiger partial charge < -0.3 is 5.32 Å². The predicted molar refractivity (Wildman–Crippen MR) is 106 cm³/mol. The number of nitro groups is 1. The molecule has 0 aliphatic heterocycles. The summed E-state index contributed by atoms with van der Waals surface area (Å²) in [4.78, 5) is 33.7. The Kier molecular flexibility index (Phi) is 7.21. The van der Waals surface area contributed by atoms with Crippen LogP contribution in [0.15, 0.2) is 53.6 Å². The number of hydrogen-bond acceptors (Lipinski definition) is 5. The fourth-order valence-corrected chi connectivity index (χ4v) is 2.30. The number of nitrogens with zero attached hydrogens (tertiary/aromatic N) is 2. The molecule has 26 heavy (non-hydrogen) atoms. The molecule has 0 heterocycles. The van der Waals surface area contributed by atoms with Crippen molar-refractivity contribution in [1.29, 1.82) is 0 Å². The van der Waals surface area contributed by atoms with E-state index < -0.39 is 10.8 Å². The van der Waals surface area contributed by atoms with E-state index in [2.05, 4.69) is 38.4 Å². The van der Waals surface area contributed by atoms with Gasteiger partial charge >= 0.3 is 0 Å². The summed E-state index contributed by atoms with van der Waals surface area (Å²) in [5.74, 6) is -0.700. The molecule has 0 saturated heterocycles. The Morgan fingerprint density at radius 3 is 2.50 bits per heavy atom. The van der Waals surface area contributed by atoms with Crippen molar-refractivity contribution in [2.45, 2.75) is 12.8 Å². The molecular formula is C17H15IN4O4. The van der Waals surface area contributed by atoms with E-state index in [1.807, 2.05) is 12.1 Å². The van der Waals surface area contributed by atoms with E-state index in [0.717, 1.165) is 3.57 Å². The molecule has 0 aliphatic carbocycles. The van der Waals surface area contributed by atoms with Crippen LogP contribution in [0.1, 0.15) is 18.4 Å². The van der Waals surface area contributed by atoms with Crippen LogP contribution >= 0.6 is 22.6 Å². The van der Waals surface area contributed by atoms with E-state index in [1.54, 1.807) is 18.2 Å². The van der Waals surface area contributed by atoms with Crippen LogP contribution < -0.4 is 10.7 Å². The van der Waals surface area contributed by atoms with E-state index >= 15 is 0 Å². The van der Waals surface area contributed by atoms with Crippen LogP contribution in [-0.4, -0.2) is 23.0 Å². The maximum atomic E-state index is 11.8. The number of carbonyl (C=O) groups is 2. The van der Waals surface area contributed by atoms with E-state index in [0.29, 0.717) is 11.3 Å². The van der Waals surface area contributed by atoms with Crippen LogP contribution in [-0.2, 0) is 9.59 Å². The van der Waals surface area contributed by atoms with Crippen molar-refractivity contribution in [1.82, 2.24) is 5.43 Å². The van der Waals surface area contributed by atoms with E-state index in [4.69, 9.17) is 0 Å². The van der Waals surface area contributed by atoms with Gasteiger partial charge in [0.05, 0.1) is 11.1 Å². The van der Waals surface area contributed by atoms with Gasteiger partial charge in [-0.2, -0.15) is 5.10 Å². The fraction of sp³-hybridized carbons (Fsp3) is 0.118. The number of carbonyl (C=O) groups excluding carboxylic acids is 2. The van der Waals surface area contributed by atoms with Crippen molar-refractivity contribution in [2.24, 2.45) is 5.10 Å².